The topological polar surface area (TPSA) is 86.7 Å². The summed E-state index contributed by atoms with van der Waals surface area (Å²) in [5, 5.41) is 12.2. The molecule has 0 saturated carbocycles. The molecule has 2 aliphatic heterocycles. The number of carboxylic acid groups (broad SMARTS) is 1. The van der Waals surface area contributed by atoms with E-state index in [1.54, 1.807) is 6.92 Å². The van der Waals surface area contributed by atoms with E-state index in [2.05, 4.69) is 5.32 Å². The second-order valence-electron chi connectivity index (χ2n) is 5.99. The fraction of sp³-hybridized carbons (Fsp3) is 0.353. The van der Waals surface area contributed by atoms with Crippen LogP contribution in [-0.2, 0) is 14.4 Å². The van der Waals surface area contributed by atoms with Crippen molar-refractivity contribution in [2.75, 3.05) is 0 Å². The van der Waals surface area contributed by atoms with Gasteiger partial charge < -0.3 is 10.4 Å². The van der Waals surface area contributed by atoms with Crippen molar-refractivity contribution in [1.82, 2.24) is 10.2 Å². The number of rotatable bonds is 4. The predicted octanol–water partition coefficient (Wildman–Crippen LogP) is 1.81. The molecular weight excluding hydrogens is 332 g/mol. The van der Waals surface area contributed by atoms with Crippen LogP contribution in [0.25, 0.3) is 0 Å². The number of allylic oxidation sites excluding steroid dienone is 1. The second-order valence-corrected chi connectivity index (χ2v) is 6.45. The Kier molecular flexibility index (Phi) is 4.32. The first kappa shape index (κ1) is 16.5. The summed E-state index contributed by atoms with van der Waals surface area (Å²) in [6, 6.07) is 8.23. The van der Waals surface area contributed by atoms with Gasteiger partial charge in [0.2, 0.25) is 5.91 Å². The van der Waals surface area contributed by atoms with Crippen molar-refractivity contribution in [3.8, 4) is 0 Å². The summed E-state index contributed by atoms with van der Waals surface area (Å²) in [5.41, 5.74) is 0.691. The van der Waals surface area contributed by atoms with Crippen molar-refractivity contribution in [3.05, 3.63) is 46.6 Å². The van der Waals surface area contributed by atoms with Gasteiger partial charge in [-0.3, -0.25) is 14.5 Å². The van der Waals surface area contributed by atoms with Gasteiger partial charge in [-0.1, -0.05) is 41.9 Å². The number of nitrogens with zero attached hydrogens (tertiary/aromatic N) is 1. The number of carboxylic acids is 1. The lowest BCUT2D eigenvalue weighted by Crippen LogP contribution is -2.71. The number of carbonyl (C=O) groups is 3. The fourth-order valence-corrected chi connectivity index (χ4v) is 3.47. The van der Waals surface area contributed by atoms with Gasteiger partial charge in [0.15, 0.2) is 0 Å². The highest BCUT2D eigenvalue weighted by atomic mass is 35.5. The molecule has 2 aliphatic rings. The molecule has 1 saturated heterocycles. The van der Waals surface area contributed by atoms with Crippen LogP contribution < -0.4 is 5.32 Å². The normalized spacial score (nSPS) is 24.1. The van der Waals surface area contributed by atoms with Crippen LogP contribution in [0.2, 0.25) is 0 Å². The van der Waals surface area contributed by atoms with Crippen molar-refractivity contribution in [1.29, 1.82) is 0 Å². The van der Waals surface area contributed by atoms with E-state index in [9.17, 15) is 19.5 Å². The van der Waals surface area contributed by atoms with Gasteiger partial charge in [0, 0.05) is 5.03 Å². The number of halogens is 1. The zero-order chi connectivity index (χ0) is 17.4. The third kappa shape index (κ3) is 2.67. The van der Waals surface area contributed by atoms with Gasteiger partial charge in [0.05, 0.1) is 12.0 Å². The van der Waals surface area contributed by atoms with Crippen molar-refractivity contribution in [2.45, 2.75) is 37.8 Å². The largest absolute Gasteiger partial charge is 0.477 e. The molecule has 0 radical (unpaired) electrons. The number of benzene rings is 1. The highest BCUT2D eigenvalue weighted by molar-refractivity contribution is 6.32. The number of hydrogen-bond acceptors (Lipinski definition) is 3. The fourth-order valence-electron chi connectivity index (χ4n) is 3.19. The van der Waals surface area contributed by atoms with Crippen molar-refractivity contribution in [2.24, 2.45) is 0 Å². The molecule has 1 aromatic carbocycles. The quantitative estimate of drug-likeness (QED) is 0.812. The smallest absolute Gasteiger partial charge is 0.353 e. The van der Waals surface area contributed by atoms with E-state index in [1.807, 2.05) is 30.3 Å². The molecule has 0 aromatic heterocycles. The zero-order valence-corrected chi connectivity index (χ0v) is 13.8. The van der Waals surface area contributed by atoms with E-state index < -0.39 is 23.8 Å². The molecule has 1 aromatic rings. The van der Waals surface area contributed by atoms with E-state index >= 15 is 0 Å². The summed E-state index contributed by atoms with van der Waals surface area (Å²) >= 11 is 5.94. The van der Waals surface area contributed by atoms with E-state index in [0.717, 1.165) is 5.56 Å². The number of nitrogens with one attached hydrogen (secondary N) is 1. The molecule has 1 fully saturated rings. The highest BCUT2D eigenvalue weighted by Crippen LogP contribution is 2.38. The predicted molar refractivity (Wildman–Crippen MR) is 87.2 cm³/mol. The van der Waals surface area contributed by atoms with Crippen LogP contribution in [0, 0.1) is 0 Å². The van der Waals surface area contributed by atoms with E-state index in [-0.39, 0.29) is 22.7 Å². The average molecular weight is 349 g/mol. The minimum Gasteiger partial charge on any atom is -0.477 e. The molecule has 6 nitrogen and oxygen atoms in total. The maximum Gasteiger partial charge on any atom is 0.353 e. The number of β-lactam (4-membered cyclic amide) rings is 1. The summed E-state index contributed by atoms with van der Waals surface area (Å²) in [6.45, 7) is 1.77. The third-order valence-corrected chi connectivity index (χ3v) is 4.94. The van der Waals surface area contributed by atoms with Crippen molar-refractivity contribution in [3.63, 3.8) is 0 Å². The van der Waals surface area contributed by atoms with Gasteiger partial charge >= 0.3 is 5.97 Å². The van der Waals surface area contributed by atoms with Gasteiger partial charge in [-0.05, 0) is 25.3 Å². The monoisotopic (exact) mass is 348 g/mol. The van der Waals surface area contributed by atoms with Crippen LogP contribution >= 0.6 is 11.6 Å². The zero-order valence-electron chi connectivity index (χ0n) is 13.0. The van der Waals surface area contributed by atoms with E-state index in [0.29, 0.717) is 12.8 Å². The maximum absolute atomic E-state index is 12.4. The minimum absolute atomic E-state index is 0.167. The lowest BCUT2D eigenvalue weighted by molar-refractivity contribution is -0.156. The first-order valence-corrected chi connectivity index (χ1v) is 8.10. The molecule has 2 N–H and O–H groups in total. The van der Waals surface area contributed by atoms with Gasteiger partial charge in [-0.25, -0.2) is 4.79 Å². The standard InChI is InChI=1S/C17H17ClN2O4/c1-9(10-5-3-2-4-6-10)15(21)19-13-12-8-7-11(18)14(17(23)24)20(12)16(13)22/h2-6,9,12-13H,7-8H2,1H3,(H,19,21)(H,23,24)/t9-,12?,13+/m1/s1. The lowest BCUT2D eigenvalue weighted by Gasteiger charge is -2.49. The number of aliphatic carboxylic acids is 1. The van der Waals surface area contributed by atoms with Crippen molar-refractivity contribution < 1.29 is 19.5 Å². The average Bonchev–Trinajstić information content (AvgIpc) is 2.59. The third-order valence-electron chi connectivity index (χ3n) is 4.57. The Bertz CT molecular complexity index is 731. The second kappa shape index (κ2) is 6.28. The summed E-state index contributed by atoms with van der Waals surface area (Å²) in [7, 11) is 0. The molecule has 0 bridgehead atoms. The first-order valence-electron chi connectivity index (χ1n) is 7.72. The minimum atomic E-state index is -1.22. The number of amides is 2. The Morgan fingerprint density at radius 1 is 1.33 bits per heavy atom. The molecule has 0 spiro atoms. The molecular formula is C17H17ClN2O4. The van der Waals surface area contributed by atoms with E-state index in [4.69, 9.17) is 11.6 Å². The number of hydrogen-bond donors (Lipinski definition) is 2. The number of carbonyl (C=O) groups excluding carboxylic acids is 2. The molecule has 7 heteroatoms. The molecule has 1 unspecified atom stereocenters. The molecule has 2 amide bonds. The van der Waals surface area contributed by atoms with Crippen LogP contribution in [0.1, 0.15) is 31.2 Å². The molecule has 126 valence electrons. The van der Waals surface area contributed by atoms with Gasteiger partial charge in [-0.15, -0.1) is 0 Å². The Hall–Kier alpha value is -2.34. The maximum atomic E-state index is 12.4. The van der Waals surface area contributed by atoms with Crippen LogP contribution in [0.15, 0.2) is 41.1 Å². The molecule has 3 rings (SSSR count). The van der Waals surface area contributed by atoms with Crippen LogP contribution in [0.3, 0.4) is 0 Å². The molecule has 2 heterocycles. The summed E-state index contributed by atoms with van der Waals surface area (Å²) in [4.78, 5) is 37.2. The van der Waals surface area contributed by atoms with Crippen LogP contribution in [-0.4, -0.2) is 39.9 Å². The molecule has 0 aliphatic carbocycles. The summed E-state index contributed by atoms with van der Waals surface area (Å²) in [5.74, 6) is -2.30. The highest BCUT2D eigenvalue weighted by Gasteiger charge is 2.53. The Morgan fingerprint density at radius 2 is 2.00 bits per heavy atom. The van der Waals surface area contributed by atoms with Crippen LogP contribution in [0.5, 0.6) is 0 Å². The van der Waals surface area contributed by atoms with Crippen molar-refractivity contribution >= 4 is 29.4 Å². The van der Waals surface area contributed by atoms with E-state index in [1.165, 1.54) is 4.90 Å². The van der Waals surface area contributed by atoms with Crippen LogP contribution in [0.4, 0.5) is 0 Å². The van der Waals surface area contributed by atoms with Gasteiger partial charge in [-0.2, -0.15) is 0 Å². The molecule has 24 heavy (non-hydrogen) atoms. The SMILES string of the molecule is C[C@@H](C(=O)N[C@@H]1C(=O)N2C(C(=O)O)=C(Cl)CCC12)c1ccccc1. The Balaban J connectivity index is 1.71. The Morgan fingerprint density at radius 3 is 2.62 bits per heavy atom. The first-order chi connectivity index (χ1) is 11.4. The van der Waals surface area contributed by atoms with Gasteiger partial charge in [0.25, 0.3) is 5.91 Å². The molecule has 3 atom stereocenters. The Labute approximate surface area is 144 Å². The summed E-state index contributed by atoms with van der Waals surface area (Å²) < 4.78 is 0. The summed E-state index contributed by atoms with van der Waals surface area (Å²) in [6.07, 6.45) is 0.921. The lowest BCUT2D eigenvalue weighted by atomic mass is 9.86. The number of fused-ring (bicyclic) bond motifs is 1. The van der Waals surface area contributed by atoms with Gasteiger partial charge in [0.1, 0.15) is 11.7 Å².